The summed E-state index contributed by atoms with van der Waals surface area (Å²) in [5.74, 6) is 1.79. The maximum absolute atomic E-state index is 15.5. The first-order chi connectivity index (χ1) is 17.0. The molecule has 1 saturated heterocycles. The molecular formula is C24H28FN7O3. The second kappa shape index (κ2) is 9.51. The minimum Gasteiger partial charge on any atom is -0.497 e. The molecule has 4 heterocycles. The van der Waals surface area contributed by atoms with Gasteiger partial charge in [-0.15, -0.1) is 0 Å². The van der Waals surface area contributed by atoms with Crippen LogP contribution in [0.15, 0.2) is 41.7 Å². The van der Waals surface area contributed by atoms with Crippen LogP contribution in [0.3, 0.4) is 0 Å². The predicted octanol–water partition coefficient (Wildman–Crippen LogP) is 3.48. The van der Waals surface area contributed by atoms with Crippen molar-refractivity contribution < 1.29 is 18.6 Å². The molecule has 0 bridgehead atoms. The van der Waals surface area contributed by atoms with Crippen LogP contribution in [-0.4, -0.2) is 72.3 Å². The van der Waals surface area contributed by atoms with E-state index in [-0.39, 0.29) is 18.0 Å². The fraction of sp³-hybridized carbons (Fsp3) is 0.375. The molecule has 0 radical (unpaired) electrons. The van der Waals surface area contributed by atoms with Crippen molar-refractivity contribution in [3.8, 4) is 11.5 Å². The Hall–Kier alpha value is -3.70. The van der Waals surface area contributed by atoms with E-state index in [2.05, 4.69) is 32.1 Å². The molecule has 0 saturated carbocycles. The lowest BCUT2D eigenvalue weighted by molar-refractivity contribution is 0.0132. The number of methoxy groups -OCH3 is 2. The van der Waals surface area contributed by atoms with Crippen molar-refractivity contribution in [2.45, 2.75) is 19.1 Å². The number of nitrogens with one attached hydrogen (secondary N) is 2. The Kier molecular flexibility index (Phi) is 6.27. The number of aromatic amines is 1. The quantitative estimate of drug-likeness (QED) is 0.529. The van der Waals surface area contributed by atoms with E-state index in [1.165, 1.54) is 20.3 Å². The van der Waals surface area contributed by atoms with Crippen LogP contribution in [0.2, 0.25) is 0 Å². The Morgan fingerprint density at radius 3 is 2.74 bits per heavy atom. The van der Waals surface area contributed by atoms with E-state index in [1.54, 1.807) is 23.4 Å². The van der Waals surface area contributed by atoms with E-state index in [0.717, 1.165) is 13.1 Å². The minimum atomic E-state index is -0.525. The normalized spacial score (nSPS) is 19.7. The Balaban J connectivity index is 1.55. The second-order valence-corrected chi connectivity index (χ2v) is 8.45. The van der Waals surface area contributed by atoms with Crippen LogP contribution >= 0.6 is 0 Å². The summed E-state index contributed by atoms with van der Waals surface area (Å²) in [6.07, 6.45) is 5.27. The lowest BCUT2D eigenvalue weighted by Gasteiger charge is -2.43. The average Bonchev–Trinajstić information content (AvgIpc) is 3.41. The van der Waals surface area contributed by atoms with Crippen molar-refractivity contribution in [3.05, 3.63) is 48.3 Å². The van der Waals surface area contributed by atoms with Gasteiger partial charge in [0.2, 0.25) is 0 Å². The van der Waals surface area contributed by atoms with Gasteiger partial charge < -0.3 is 29.4 Å². The molecule has 0 aliphatic carbocycles. The largest absolute Gasteiger partial charge is 0.497 e. The van der Waals surface area contributed by atoms with E-state index in [0.29, 0.717) is 42.1 Å². The number of pyridine rings is 1. The third kappa shape index (κ3) is 4.52. The van der Waals surface area contributed by atoms with E-state index >= 15 is 4.39 Å². The average molecular weight is 482 g/mol. The lowest BCUT2D eigenvalue weighted by Crippen LogP contribution is -2.58. The molecule has 0 amide bonds. The van der Waals surface area contributed by atoms with Gasteiger partial charge >= 0.3 is 0 Å². The number of benzene rings is 1. The van der Waals surface area contributed by atoms with E-state index in [9.17, 15) is 0 Å². The third-order valence-corrected chi connectivity index (χ3v) is 6.23. The molecular weight excluding hydrogens is 453 g/mol. The smallest absolute Gasteiger partial charge is 0.188 e. The van der Waals surface area contributed by atoms with Crippen LogP contribution in [0.5, 0.6) is 11.5 Å². The fourth-order valence-corrected chi connectivity index (χ4v) is 4.29. The number of anilines is 3. The molecule has 2 aromatic heterocycles. The molecule has 1 atom stereocenters. The first kappa shape index (κ1) is 23.1. The maximum Gasteiger partial charge on any atom is 0.188 e. The molecule has 0 spiro atoms. The predicted molar refractivity (Wildman–Crippen MR) is 131 cm³/mol. The number of fused-ring (bicyclic) bond motifs is 1. The van der Waals surface area contributed by atoms with Crippen molar-refractivity contribution in [1.82, 2.24) is 19.9 Å². The van der Waals surface area contributed by atoms with Crippen LogP contribution in [0.25, 0.3) is 0 Å². The minimum absolute atomic E-state index is 0.0735. The van der Waals surface area contributed by atoms with Gasteiger partial charge in [-0.05, 0) is 19.1 Å². The molecule has 11 heteroatoms. The maximum atomic E-state index is 15.5. The van der Waals surface area contributed by atoms with Crippen LogP contribution in [-0.2, 0) is 11.3 Å². The highest BCUT2D eigenvalue weighted by Crippen LogP contribution is 2.39. The monoisotopic (exact) mass is 481 g/mol. The van der Waals surface area contributed by atoms with E-state index < -0.39 is 11.5 Å². The summed E-state index contributed by atoms with van der Waals surface area (Å²) in [5.41, 5.74) is 0.444. The zero-order chi connectivity index (χ0) is 24.4. The van der Waals surface area contributed by atoms with Crippen molar-refractivity contribution in [2.24, 2.45) is 4.99 Å². The van der Waals surface area contributed by atoms with Crippen molar-refractivity contribution >= 4 is 29.2 Å². The number of hydrogen-bond donors (Lipinski definition) is 2. The van der Waals surface area contributed by atoms with Crippen LogP contribution < -0.4 is 19.7 Å². The number of ether oxygens (including phenoxy) is 3. The number of imidazole rings is 1. The summed E-state index contributed by atoms with van der Waals surface area (Å²) in [6.45, 7) is 5.20. The summed E-state index contributed by atoms with van der Waals surface area (Å²) < 4.78 is 31.7. The molecule has 2 aliphatic rings. The van der Waals surface area contributed by atoms with Gasteiger partial charge in [-0.2, -0.15) is 0 Å². The Bertz CT molecular complexity index is 1210. The number of morpholine rings is 1. The van der Waals surface area contributed by atoms with E-state index in [1.807, 2.05) is 18.3 Å². The molecule has 35 heavy (non-hydrogen) atoms. The number of aliphatic imine (C=N–C) groups is 1. The summed E-state index contributed by atoms with van der Waals surface area (Å²) in [4.78, 5) is 20.9. The van der Waals surface area contributed by atoms with Crippen LogP contribution in [0.1, 0.15) is 12.7 Å². The van der Waals surface area contributed by atoms with Crippen molar-refractivity contribution in [3.63, 3.8) is 0 Å². The first-order valence-corrected chi connectivity index (χ1v) is 11.4. The van der Waals surface area contributed by atoms with Crippen molar-refractivity contribution in [2.75, 3.05) is 50.7 Å². The Labute approximate surface area is 202 Å². The standard InChI is InChI=1S/C24H28FN7O3/c1-24(31-8-10-35-11-9-31)15-28-17-4-5-21(29-23(17)30-24)32(14-20-26-6-7-27-20)18-12-16(33-2)13-19(34-3)22(18)25/h4-7,12-13,15H,8-11,14H2,1-3H3,(H,26,27)(H,29,30). The zero-order valence-electron chi connectivity index (χ0n) is 19.9. The number of nitrogens with zero attached hydrogens (tertiary/aromatic N) is 5. The molecule has 2 aliphatic heterocycles. The Morgan fingerprint density at radius 2 is 2.03 bits per heavy atom. The second-order valence-electron chi connectivity index (χ2n) is 8.45. The molecule has 184 valence electrons. The first-order valence-electron chi connectivity index (χ1n) is 11.4. The number of aromatic nitrogens is 3. The van der Waals surface area contributed by atoms with Crippen LogP contribution in [0, 0.1) is 5.82 Å². The zero-order valence-corrected chi connectivity index (χ0v) is 19.9. The van der Waals surface area contributed by atoms with Gasteiger partial charge in [-0.3, -0.25) is 9.89 Å². The topological polar surface area (TPSA) is 100 Å². The molecule has 1 unspecified atom stereocenters. The van der Waals surface area contributed by atoms with Gasteiger partial charge in [-0.1, -0.05) is 0 Å². The van der Waals surface area contributed by atoms with E-state index in [4.69, 9.17) is 19.2 Å². The molecule has 5 rings (SSSR count). The van der Waals surface area contributed by atoms with Gasteiger partial charge in [0.15, 0.2) is 17.4 Å². The highest BCUT2D eigenvalue weighted by atomic mass is 19.1. The molecule has 2 N–H and O–H groups in total. The number of rotatable bonds is 7. The highest BCUT2D eigenvalue weighted by molar-refractivity contribution is 5.85. The van der Waals surface area contributed by atoms with Gasteiger partial charge in [-0.25, -0.2) is 14.4 Å². The SMILES string of the molecule is COc1cc(OC)c(F)c(N(Cc2ncc[nH]2)c2ccc3c(n2)NC(C)(N2CCOCC2)C=N3)c1. The molecule has 3 aromatic rings. The summed E-state index contributed by atoms with van der Waals surface area (Å²) in [5, 5.41) is 3.53. The molecule has 10 nitrogen and oxygen atoms in total. The van der Waals surface area contributed by atoms with Gasteiger partial charge in [0.1, 0.15) is 28.7 Å². The summed E-state index contributed by atoms with van der Waals surface area (Å²) in [7, 11) is 2.95. The number of halogens is 1. The van der Waals surface area contributed by atoms with Crippen molar-refractivity contribution in [1.29, 1.82) is 0 Å². The van der Waals surface area contributed by atoms with Gasteiger partial charge in [0, 0.05) is 43.8 Å². The summed E-state index contributed by atoms with van der Waals surface area (Å²) >= 11 is 0. The number of H-pyrrole nitrogens is 1. The summed E-state index contributed by atoms with van der Waals surface area (Å²) in [6, 6.07) is 6.80. The fourth-order valence-electron chi connectivity index (χ4n) is 4.29. The highest BCUT2D eigenvalue weighted by Gasteiger charge is 2.35. The molecule has 1 aromatic carbocycles. The van der Waals surface area contributed by atoms with Crippen LogP contribution in [0.4, 0.5) is 27.4 Å². The van der Waals surface area contributed by atoms with Gasteiger partial charge in [0.05, 0.1) is 39.7 Å². The lowest BCUT2D eigenvalue weighted by atomic mass is 10.1. The Morgan fingerprint density at radius 1 is 1.20 bits per heavy atom. The van der Waals surface area contributed by atoms with Gasteiger partial charge in [0.25, 0.3) is 0 Å². The number of hydrogen-bond acceptors (Lipinski definition) is 9. The molecule has 1 fully saturated rings. The third-order valence-electron chi connectivity index (χ3n) is 6.23.